The Balaban J connectivity index is 1.36. The first kappa shape index (κ1) is 22.3. The highest BCUT2D eigenvalue weighted by Crippen LogP contribution is 2.52. The number of piperidine rings is 1. The summed E-state index contributed by atoms with van der Waals surface area (Å²) in [4.78, 5) is 27.7. The molecule has 0 aromatic heterocycles. The molecule has 1 saturated heterocycles. The summed E-state index contributed by atoms with van der Waals surface area (Å²) in [5.41, 5.74) is 1.15. The van der Waals surface area contributed by atoms with Gasteiger partial charge in [-0.3, -0.25) is 4.79 Å². The number of amides is 1. The summed E-state index contributed by atoms with van der Waals surface area (Å²) in [7, 11) is 3.48. The molecule has 1 aliphatic carbocycles. The summed E-state index contributed by atoms with van der Waals surface area (Å²) in [6.45, 7) is 2.53. The number of carbonyl (C=O) groups is 2. The van der Waals surface area contributed by atoms with Crippen LogP contribution in [0.25, 0.3) is 0 Å². The van der Waals surface area contributed by atoms with Crippen molar-refractivity contribution in [3.05, 3.63) is 65.7 Å². The summed E-state index contributed by atoms with van der Waals surface area (Å²) in [5, 5.41) is 3.03. The van der Waals surface area contributed by atoms with E-state index in [0.717, 1.165) is 42.8 Å². The molecule has 2 aromatic carbocycles. The van der Waals surface area contributed by atoms with Crippen LogP contribution in [0.2, 0.25) is 0 Å². The van der Waals surface area contributed by atoms with Crippen LogP contribution in [-0.4, -0.2) is 49.6 Å². The predicted octanol–water partition coefficient (Wildman–Crippen LogP) is 3.51. The lowest BCUT2D eigenvalue weighted by molar-refractivity contribution is -0.146. The van der Waals surface area contributed by atoms with Gasteiger partial charge >= 0.3 is 5.97 Å². The Hall–Kier alpha value is -2.86. The molecule has 2 fully saturated rings. The van der Waals surface area contributed by atoms with Crippen LogP contribution >= 0.6 is 0 Å². The Kier molecular flexibility index (Phi) is 6.80. The van der Waals surface area contributed by atoms with Crippen molar-refractivity contribution in [3.63, 3.8) is 0 Å². The van der Waals surface area contributed by atoms with Crippen molar-refractivity contribution in [1.29, 1.82) is 0 Å². The number of likely N-dealkylation sites (tertiary alicyclic amines) is 1. The van der Waals surface area contributed by atoms with Gasteiger partial charge in [-0.15, -0.1) is 0 Å². The molecule has 1 aliphatic heterocycles. The van der Waals surface area contributed by atoms with Gasteiger partial charge in [-0.2, -0.15) is 0 Å². The lowest BCUT2D eigenvalue weighted by Crippen LogP contribution is -2.46. The quantitative estimate of drug-likeness (QED) is 0.642. The zero-order valence-electron chi connectivity index (χ0n) is 18.9. The van der Waals surface area contributed by atoms with Crippen LogP contribution in [0.15, 0.2) is 54.6 Å². The Morgan fingerprint density at radius 1 is 1.06 bits per heavy atom. The van der Waals surface area contributed by atoms with Crippen LogP contribution in [0.5, 0.6) is 5.75 Å². The molecule has 6 nitrogen and oxygen atoms in total. The Morgan fingerprint density at radius 2 is 1.75 bits per heavy atom. The van der Waals surface area contributed by atoms with Crippen molar-refractivity contribution >= 4 is 11.9 Å². The maximum Gasteiger partial charge on any atom is 0.332 e. The fourth-order valence-corrected chi connectivity index (χ4v) is 4.63. The zero-order chi connectivity index (χ0) is 22.6. The number of hydrogen-bond donors (Lipinski definition) is 1. The summed E-state index contributed by atoms with van der Waals surface area (Å²) >= 11 is 0. The Bertz CT molecular complexity index is 923. The van der Waals surface area contributed by atoms with Gasteiger partial charge in [0.1, 0.15) is 17.9 Å². The molecule has 1 heterocycles. The number of benzene rings is 2. The molecule has 0 spiro atoms. The second-order valence-electron chi connectivity index (χ2n) is 9.06. The fourth-order valence-electron chi connectivity index (χ4n) is 4.63. The minimum Gasteiger partial charge on any atom is -0.489 e. The predicted molar refractivity (Wildman–Crippen MR) is 122 cm³/mol. The van der Waals surface area contributed by atoms with E-state index in [-0.39, 0.29) is 17.8 Å². The lowest BCUT2D eigenvalue weighted by Gasteiger charge is -2.29. The van der Waals surface area contributed by atoms with Gasteiger partial charge in [0, 0.05) is 12.3 Å². The summed E-state index contributed by atoms with van der Waals surface area (Å²) in [6, 6.07) is 17.8. The minimum absolute atomic E-state index is 0.0599. The van der Waals surface area contributed by atoms with E-state index in [0.29, 0.717) is 25.4 Å². The van der Waals surface area contributed by atoms with Crippen LogP contribution in [-0.2, 0) is 20.9 Å². The van der Waals surface area contributed by atoms with Crippen molar-refractivity contribution in [1.82, 2.24) is 10.2 Å². The average Bonchev–Trinajstić information content (AvgIpc) is 3.54. The van der Waals surface area contributed by atoms with Crippen LogP contribution in [0, 0.1) is 5.92 Å². The monoisotopic (exact) mass is 436 g/mol. The van der Waals surface area contributed by atoms with Gasteiger partial charge < -0.3 is 19.7 Å². The Labute approximate surface area is 189 Å². The second kappa shape index (κ2) is 9.74. The number of methoxy groups -OCH3 is 1. The highest BCUT2D eigenvalue weighted by Gasteiger charge is 2.62. The summed E-state index contributed by atoms with van der Waals surface area (Å²) in [5.74, 6) is 0.630. The average molecular weight is 437 g/mol. The van der Waals surface area contributed by atoms with Gasteiger partial charge in [-0.25, -0.2) is 4.79 Å². The van der Waals surface area contributed by atoms with Crippen molar-refractivity contribution in [2.75, 3.05) is 27.2 Å². The van der Waals surface area contributed by atoms with Gasteiger partial charge in [-0.1, -0.05) is 42.5 Å². The number of esters is 1. The van der Waals surface area contributed by atoms with Crippen LogP contribution < -0.4 is 10.1 Å². The molecular formula is C26H32N2O4. The maximum atomic E-state index is 12.8. The van der Waals surface area contributed by atoms with E-state index >= 15 is 0 Å². The van der Waals surface area contributed by atoms with E-state index < -0.39 is 5.54 Å². The van der Waals surface area contributed by atoms with E-state index in [2.05, 4.69) is 17.3 Å². The topological polar surface area (TPSA) is 67.9 Å². The first-order valence-electron chi connectivity index (χ1n) is 11.3. The van der Waals surface area contributed by atoms with E-state index in [1.807, 2.05) is 54.6 Å². The number of nitrogens with one attached hydrogen (secondary N) is 1. The van der Waals surface area contributed by atoms with E-state index in [4.69, 9.17) is 9.47 Å². The molecule has 2 aromatic rings. The molecule has 170 valence electrons. The molecule has 2 atom stereocenters. The largest absolute Gasteiger partial charge is 0.489 e. The van der Waals surface area contributed by atoms with Gasteiger partial charge in [0.25, 0.3) is 0 Å². The highest BCUT2D eigenvalue weighted by atomic mass is 16.5. The molecule has 0 bridgehead atoms. The maximum absolute atomic E-state index is 12.8. The smallest absolute Gasteiger partial charge is 0.332 e. The van der Waals surface area contributed by atoms with Crippen molar-refractivity contribution in [2.24, 2.45) is 5.92 Å². The third-order valence-corrected chi connectivity index (χ3v) is 6.72. The minimum atomic E-state index is -0.955. The number of hydrogen-bond acceptors (Lipinski definition) is 5. The summed E-state index contributed by atoms with van der Waals surface area (Å²) < 4.78 is 10.9. The molecule has 0 radical (unpaired) electrons. The molecule has 6 heteroatoms. The Morgan fingerprint density at radius 3 is 2.41 bits per heavy atom. The fraction of sp³-hybridized carbons (Fsp3) is 0.462. The SMILES string of the molecule is COC(=O)C1(NC(=O)CC2CCN(C)CC2)CC1c1ccc(OCc2ccccc2)cc1. The number of nitrogens with zero attached hydrogens (tertiary/aromatic N) is 1. The zero-order valence-corrected chi connectivity index (χ0v) is 18.9. The van der Waals surface area contributed by atoms with Gasteiger partial charge in [0.05, 0.1) is 7.11 Å². The molecular weight excluding hydrogens is 404 g/mol. The van der Waals surface area contributed by atoms with Crippen molar-refractivity contribution in [3.8, 4) is 5.75 Å². The van der Waals surface area contributed by atoms with E-state index in [9.17, 15) is 9.59 Å². The van der Waals surface area contributed by atoms with Crippen molar-refractivity contribution < 1.29 is 19.1 Å². The molecule has 2 aliphatic rings. The lowest BCUT2D eigenvalue weighted by atomic mass is 9.93. The normalized spacial score (nSPS) is 23.4. The molecule has 4 rings (SSSR count). The van der Waals surface area contributed by atoms with Crippen LogP contribution in [0.3, 0.4) is 0 Å². The molecule has 1 N–H and O–H groups in total. The molecule has 2 unspecified atom stereocenters. The molecule has 32 heavy (non-hydrogen) atoms. The van der Waals surface area contributed by atoms with E-state index in [1.165, 1.54) is 7.11 Å². The third kappa shape index (κ3) is 5.13. The number of carbonyl (C=O) groups excluding carboxylic acids is 2. The number of ether oxygens (including phenoxy) is 2. The van der Waals surface area contributed by atoms with Gasteiger partial charge in [0.2, 0.25) is 5.91 Å². The van der Waals surface area contributed by atoms with Gasteiger partial charge in [0.15, 0.2) is 0 Å². The van der Waals surface area contributed by atoms with E-state index in [1.54, 1.807) is 0 Å². The third-order valence-electron chi connectivity index (χ3n) is 6.72. The molecule has 1 saturated carbocycles. The second-order valence-corrected chi connectivity index (χ2v) is 9.06. The summed E-state index contributed by atoms with van der Waals surface area (Å²) in [6.07, 6.45) is 3.06. The number of rotatable bonds is 8. The highest BCUT2D eigenvalue weighted by molar-refractivity contribution is 5.92. The standard InChI is InChI=1S/C26H32N2O4/c1-28-14-12-19(13-15-28)16-24(29)27-26(25(30)31-2)17-23(26)21-8-10-22(11-9-21)32-18-20-6-4-3-5-7-20/h3-11,19,23H,12-18H2,1-2H3,(H,27,29). The molecule has 1 amide bonds. The first-order valence-corrected chi connectivity index (χ1v) is 11.3. The van der Waals surface area contributed by atoms with Gasteiger partial charge in [-0.05, 0) is 68.6 Å². The first-order chi connectivity index (χ1) is 15.5. The van der Waals surface area contributed by atoms with Crippen LogP contribution in [0.1, 0.15) is 42.7 Å². The van der Waals surface area contributed by atoms with Crippen LogP contribution in [0.4, 0.5) is 0 Å². The van der Waals surface area contributed by atoms with Crippen molar-refractivity contribution in [2.45, 2.75) is 43.7 Å².